The van der Waals surface area contributed by atoms with E-state index >= 15 is 0 Å². The molecule has 1 aliphatic heterocycles. The molecule has 0 amide bonds. The lowest BCUT2D eigenvalue weighted by atomic mass is 10.3. The van der Waals surface area contributed by atoms with Gasteiger partial charge >= 0.3 is 0 Å². The fourth-order valence-corrected chi connectivity index (χ4v) is 1.52. The quantitative estimate of drug-likeness (QED) is 0.730. The largest absolute Gasteiger partial charge is 0.468 e. The first kappa shape index (κ1) is 9.71. The van der Waals surface area contributed by atoms with Crippen LogP contribution >= 0.6 is 0 Å². The summed E-state index contributed by atoms with van der Waals surface area (Å²) in [4.78, 5) is 0. The molecule has 1 aromatic rings. The highest BCUT2D eigenvalue weighted by Gasteiger charge is 2.12. The molecule has 1 saturated heterocycles. The van der Waals surface area contributed by atoms with Crippen LogP contribution in [0.15, 0.2) is 22.8 Å². The van der Waals surface area contributed by atoms with E-state index in [1.165, 1.54) is 0 Å². The second-order valence-electron chi connectivity index (χ2n) is 3.41. The van der Waals surface area contributed by atoms with E-state index in [2.05, 4.69) is 10.6 Å². The summed E-state index contributed by atoms with van der Waals surface area (Å²) in [6.45, 7) is 4.35. The van der Waals surface area contributed by atoms with Crippen LogP contribution < -0.4 is 10.6 Å². The van der Waals surface area contributed by atoms with Crippen molar-refractivity contribution in [2.24, 2.45) is 0 Å². The van der Waals surface area contributed by atoms with Gasteiger partial charge in [0, 0.05) is 19.6 Å². The standard InChI is InChI=1S/C10H16N2O2/c1-2-9(13-4-1)6-12-8-10-7-11-3-5-14-10/h1-2,4,10-12H,3,5-8H2. The van der Waals surface area contributed by atoms with Crippen molar-refractivity contribution in [3.05, 3.63) is 24.2 Å². The monoisotopic (exact) mass is 196 g/mol. The van der Waals surface area contributed by atoms with Gasteiger partial charge in [-0.2, -0.15) is 0 Å². The first-order valence-electron chi connectivity index (χ1n) is 5.00. The van der Waals surface area contributed by atoms with Gasteiger partial charge in [0.25, 0.3) is 0 Å². The van der Waals surface area contributed by atoms with Crippen molar-refractivity contribution in [2.45, 2.75) is 12.6 Å². The summed E-state index contributed by atoms with van der Waals surface area (Å²) in [6.07, 6.45) is 1.98. The molecule has 2 N–H and O–H groups in total. The molecule has 1 aliphatic rings. The zero-order chi connectivity index (χ0) is 9.64. The maximum atomic E-state index is 5.54. The fourth-order valence-electron chi connectivity index (χ4n) is 1.52. The molecule has 0 radical (unpaired) electrons. The molecule has 2 heterocycles. The number of hydrogen-bond acceptors (Lipinski definition) is 4. The molecule has 0 aromatic carbocycles. The van der Waals surface area contributed by atoms with E-state index in [0.717, 1.165) is 38.5 Å². The lowest BCUT2D eigenvalue weighted by molar-refractivity contribution is 0.0288. The Morgan fingerprint density at radius 2 is 2.57 bits per heavy atom. The number of furan rings is 1. The molecule has 2 rings (SSSR count). The zero-order valence-electron chi connectivity index (χ0n) is 8.16. The van der Waals surface area contributed by atoms with Gasteiger partial charge in [0.15, 0.2) is 0 Å². The van der Waals surface area contributed by atoms with Crippen LogP contribution in [0.2, 0.25) is 0 Å². The van der Waals surface area contributed by atoms with Gasteiger partial charge in [-0.15, -0.1) is 0 Å². The van der Waals surface area contributed by atoms with Gasteiger partial charge in [-0.3, -0.25) is 0 Å². The predicted molar refractivity (Wildman–Crippen MR) is 53.0 cm³/mol. The maximum absolute atomic E-state index is 5.54. The lowest BCUT2D eigenvalue weighted by Gasteiger charge is -2.23. The van der Waals surface area contributed by atoms with Crippen LogP contribution in [0.3, 0.4) is 0 Å². The molecule has 1 unspecified atom stereocenters. The Kier molecular flexibility index (Phi) is 3.57. The third-order valence-corrected chi connectivity index (χ3v) is 2.26. The first-order chi connectivity index (χ1) is 6.95. The average Bonchev–Trinajstić information content (AvgIpc) is 2.72. The molecule has 1 fully saturated rings. The Hall–Kier alpha value is -0.840. The van der Waals surface area contributed by atoms with E-state index in [9.17, 15) is 0 Å². The van der Waals surface area contributed by atoms with E-state index in [1.54, 1.807) is 6.26 Å². The first-order valence-corrected chi connectivity index (χ1v) is 5.00. The molecule has 0 saturated carbocycles. The van der Waals surface area contributed by atoms with Crippen LogP contribution in [0.5, 0.6) is 0 Å². The SMILES string of the molecule is c1coc(CNCC2CNCCO2)c1. The lowest BCUT2D eigenvalue weighted by Crippen LogP contribution is -2.43. The number of rotatable bonds is 4. The predicted octanol–water partition coefficient (Wildman–Crippen LogP) is 0.358. The van der Waals surface area contributed by atoms with Crippen molar-refractivity contribution in [3.63, 3.8) is 0 Å². The van der Waals surface area contributed by atoms with E-state index in [1.807, 2.05) is 12.1 Å². The van der Waals surface area contributed by atoms with Crippen LogP contribution in [0, 0.1) is 0 Å². The minimum Gasteiger partial charge on any atom is -0.468 e. The highest BCUT2D eigenvalue weighted by molar-refractivity contribution is 4.97. The second kappa shape index (κ2) is 5.14. The smallest absolute Gasteiger partial charge is 0.117 e. The normalized spacial score (nSPS) is 22.4. The van der Waals surface area contributed by atoms with E-state index in [4.69, 9.17) is 9.15 Å². The van der Waals surface area contributed by atoms with Crippen molar-refractivity contribution in [2.75, 3.05) is 26.2 Å². The summed E-state index contributed by atoms with van der Waals surface area (Å²) < 4.78 is 10.7. The molecule has 1 atom stereocenters. The van der Waals surface area contributed by atoms with Crippen LogP contribution in [-0.2, 0) is 11.3 Å². The minimum atomic E-state index is 0.290. The van der Waals surface area contributed by atoms with Crippen molar-refractivity contribution < 1.29 is 9.15 Å². The Labute approximate surface area is 83.6 Å². The molecular weight excluding hydrogens is 180 g/mol. The highest BCUT2D eigenvalue weighted by atomic mass is 16.5. The van der Waals surface area contributed by atoms with Crippen LogP contribution in [0.1, 0.15) is 5.76 Å². The van der Waals surface area contributed by atoms with Crippen molar-refractivity contribution in [3.8, 4) is 0 Å². The second-order valence-corrected chi connectivity index (χ2v) is 3.41. The van der Waals surface area contributed by atoms with Crippen molar-refractivity contribution in [1.82, 2.24) is 10.6 Å². The van der Waals surface area contributed by atoms with Gasteiger partial charge in [0.2, 0.25) is 0 Å². The summed E-state index contributed by atoms with van der Waals surface area (Å²) in [6, 6.07) is 3.86. The van der Waals surface area contributed by atoms with Gasteiger partial charge in [-0.25, -0.2) is 0 Å². The number of ether oxygens (including phenoxy) is 1. The highest BCUT2D eigenvalue weighted by Crippen LogP contribution is 1.99. The third-order valence-electron chi connectivity index (χ3n) is 2.26. The summed E-state index contributed by atoms with van der Waals surface area (Å²) in [5.41, 5.74) is 0. The van der Waals surface area contributed by atoms with E-state index in [0.29, 0.717) is 6.10 Å². The molecule has 0 aliphatic carbocycles. The fraction of sp³-hybridized carbons (Fsp3) is 0.600. The number of morpholine rings is 1. The molecule has 0 spiro atoms. The average molecular weight is 196 g/mol. The van der Waals surface area contributed by atoms with Gasteiger partial charge in [-0.1, -0.05) is 0 Å². The molecule has 4 nitrogen and oxygen atoms in total. The summed E-state index contributed by atoms with van der Waals surface area (Å²) >= 11 is 0. The van der Waals surface area contributed by atoms with Gasteiger partial charge in [-0.05, 0) is 12.1 Å². The molecular formula is C10H16N2O2. The van der Waals surface area contributed by atoms with Gasteiger partial charge < -0.3 is 19.8 Å². The Morgan fingerprint density at radius 3 is 3.29 bits per heavy atom. The van der Waals surface area contributed by atoms with E-state index in [-0.39, 0.29) is 0 Å². The zero-order valence-corrected chi connectivity index (χ0v) is 8.16. The third kappa shape index (κ3) is 2.83. The van der Waals surface area contributed by atoms with Crippen molar-refractivity contribution in [1.29, 1.82) is 0 Å². The molecule has 14 heavy (non-hydrogen) atoms. The van der Waals surface area contributed by atoms with Gasteiger partial charge in [0.1, 0.15) is 5.76 Å². The Morgan fingerprint density at radius 1 is 1.57 bits per heavy atom. The van der Waals surface area contributed by atoms with E-state index < -0.39 is 0 Å². The van der Waals surface area contributed by atoms with Crippen LogP contribution in [-0.4, -0.2) is 32.3 Å². The van der Waals surface area contributed by atoms with Crippen LogP contribution in [0.4, 0.5) is 0 Å². The Bertz CT molecular complexity index is 243. The summed E-state index contributed by atoms with van der Waals surface area (Å²) in [5.74, 6) is 0.966. The molecule has 4 heteroatoms. The maximum Gasteiger partial charge on any atom is 0.117 e. The molecule has 78 valence electrons. The van der Waals surface area contributed by atoms with Gasteiger partial charge in [0.05, 0.1) is 25.5 Å². The number of hydrogen-bond donors (Lipinski definition) is 2. The van der Waals surface area contributed by atoms with Crippen LogP contribution in [0.25, 0.3) is 0 Å². The molecule has 0 bridgehead atoms. The minimum absolute atomic E-state index is 0.290. The summed E-state index contributed by atoms with van der Waals surface area (Å²) in [5, 5.41) is 6.59. The number of nitrogens with one attached hydrogen (secondary N) is 2. The topological polar surface area (TPSA) is 46.4 Å². The van der Waals surface area contributed by atoms with Crippen molar-refractivity contribution >= 4 is 0 Å². The molecule has 1 aromatic heterocycles. The Balaban J connectivity index is 1.62. The summed E-state index contributed by atoms with van der Waals surface area (Å²) in [7, 11) is 0.